The fraction of sp³-hybridized carbons (Fsp3) is 0.636. The number of ether oxygens (including phenoxy) is 4. The summed E-state index contributed by atoms with van der Waals surface area (Å²) in [4.78, 5) is 2.38. The van der Waals surface area contributed by atoms with Gasteiger partial charge in [-0.2, -0.15) is 0 Å². The average Bonchev–Trinajstić information content (AvgIpc) is 3.30. The maximum Gasteiger partial charge on any atom is 0.207 e. The van der Waals surface area contributed by atoms with Gasteiger partial charge in [-0.15, -0.1) is 6.58 Å². The van der Waals surface area contributed by atoms with Gasteiger partial charge in [-0.25, -0.2) is 0 Å². The number of benzene rings is 1. The van der Waals surface area contributed by atoms with Crippen molar-refractivity contribution in [1.29, 1.82) is 0 Å². The molecule has 3 aliphatic heterocycles. The molecule has 28 heavy (non-hydrogen) atoms. The van der Waals surface area contributed by atoms with E-state index in [-0.39, 0.29) is 12.1 Å². The van der Waals surface area contributed by atoms with Crippen molar-refractivity contribution >= 4 is 0 Å². The van der Waals surface area contributed by atoms with Crippen molar-refractivity contribution in [2.24, 2.45) is 0 Å². The maximum absolute atomic E-state index is 12.3. The Morgan fingerprint density at radius 3 is 2.86 bits per heavy atom. The van der Waals surface area contributed by atoms with Gasteiger partial charge in [-0.1, -0.05) is 12.1 Å². The zero-order valence-electron chi connectivity index (χ0n) is 16.3. The minimum Gasteiger partial charge on any atom is -0.493 e. The number of fused-ring (bicyclic) bond motifs is 1. The number of likely N-dealkylation sites (tertiary alicyclic amines) is 1. The van der Waals surface area contributed by atoms with E-state index in [1.54, 1.807) is 7.11 Å². The summed E-state index contributed by atoms with van der Waals surface area (Å²) in [6.07, 6.45) is 4.47. The van der Waals surface area contributed by atoms with Crippen LogP contribution in [0.4, 0.5) is 0 Å². The lowest BCUT2D eigenvalue weighted by atomic mass is 9.48. The first kappa shape index (κ1) is 17.3. The highest BCUT2D eigenvalue weighted by Crippen LogP contribution is 2.68. The molecule has 2 saturated heterocycles. The molecule has 6 rings (SSSR count). The fourth-order valence-electron chi connectivity index (χ4n) is 6.89. The summed E-state index contributed by atoms with van der Waals surface area (Å²) in [5, 5.41) is 12.3. The van der Waals surface area contributed by atoms with Crippen LogP contribution in [-0.4, -0.2) is 67.0 Å². The van der Waals surface area contributed by atoms with Crippen LogP contribution in [0.2, 0.25) is 0 Å². The molecule has 3 heterocycles. The van der Waals surface area contributed by atoms with Crippen molar-refractivity contribution in [3.8, 4) is 11.5 Å². The highest BCUT2D eigenvalue weighted by atomic mass is 16.8. The van der Waals surface area contributed by atoms with Crippen molar-refractivity contribution in [2.75, 3.05) is 33.4 Å². The number of aliphatic hydroxyl groups is 1. The molecule has 6 heteroatoms. The number of nitrogens with zero attached hydrogens (tertiary/aromatic N) is 1. The number of hydrogen-bond acceptors (Lipinski definition) is 6. The van der Waals surface area contributed by atoms with E-state index in [1.807, 2.05) is 12.1 Å². The Balaban J connectivity index is 1.61. The largest absolute Gasteiger partial charge is 0.493 e. The Morgan fingerprint density at radius 1 is 1.29 bits per heavy atom. The summed E-state index contributed by atoms with van der Waals surface area (Å²) in [5.41, 5.74) is 0.961. The molecule has 1 aromatic rings. The van der Waals surface area contributed by atoms with Crippen LogP contribution >= 0.6 is 0 Å². The second-order valence-corrected chi connectivity index (χ2v) is 8.79. The summed E-state index contributed by atoms with van der Waals surface area (Å²) in [7, 11) is 1.67. The van der Waals surface area contributed by atoms with Crippen molar-refractivity contribution in [1.82, 2.24) is 4.90 Å². The van der Waals surface area contributed by atoms with E-state index in [4.69, 9.17) is 18.9 Å². The maximum atomic E-state index is 12.3. The fourth-order valence-corrected chi connectivity index (χ4v) is 6.89. The van der Waals surface area contributed by atoms with Crippen molar-refractivity contribution in [3.05, 3.63) is 35.9 Å². The third-order valence-electron chi connectivity index (χ3n) is 7.92. The Labute approximate surface area is 165 Å². The van der Waals surface area contributed by atoms with Crippen LogP contribution in [0.5, 0.6) is 11.5 Å². The van der Waals surface area contributed by atoms with Crippen molar-refractivity contribution in [2.45, 2.75) is 54.6 Å². The molecule has 2 bridgehead atoms. The summed E-state index contributed by atoms with van der Waals surface area (Å²) >= 11 is 0. The number of methoxy groups -OCH3 is 1. The van der Waals surface area contributed by atoms with Crippen LogP contribution < -0.4 is 9.47 Å². The molecule has 1 N–H and O–H groups in total. The van der Waals surface area contributed by atoms with Gasteiger partial charge in [0.25, 0.3) is 0 Å². The van der Waals surface area contributed by atoms with Gasteiger partial charge in [0.05, 0.1) is 31.3 Å². The predicted octanol–water partition coefficient (Wildman–Crippen LogP) is 1.78. The molecule has 2 aliphatic carbocycles. The molecule has 0 unspecified atom stereocenters. The summed E-state index contributed by atoms with van der Waals surface area (Å²) in [6.45, 7) is 6.75. The van der Waals surface area contributed by atoms with Gasteiger partial charge in [-0.05, 0) is 37.4 Å². The third kappa shape index (κ3) is 1.75. The van der Waals surface area contributed by atoms with Gasteiger partial charge in [0.15, 0.2) is 17.6 Å². The molecule has 1 aromatic carbocycles. The van der Waals surface area contributed by atoms with Crippen molar-refractivity contribution in [3.63, 3.8) is 0 Å². The molecule has 0 aromatic heterocycles. The number of hydrogen-bond donors (Lipinski definition) is 1. The number of rotatable bonds is 3. The molecule has 3 fully saturated rings. The van der Waals surface area contributed by atoms with Crippen LogP contribution in [0.15, 0.2) is 24.8 Å². The Bertz CT molecular complexity index is 850. The van der Waals surface area contributed by atoms with E-state index < -0.39 is 16.8 Å². The van der Waals surface area contributed by atoms with Gasteiger partial charge in [-0.3, -0.25) is 4.90 Å². The first-order valence-corrected chi connectivity index (χ1v) is 10.3. The molecule has 2 spiro atoms. The molecule has 150 valence electrons. The molecule has 1 saturated carbocycles. The summed E-state index contributed by atoms with van der Waals surface area (Å²) < 4.78 is 24.6. The standard InChI is InChI=1S/C22H27NO5/c1-3-9-23-10-8-20-17-14-4-5-15(25-2)18(17)28-19(20)22(26-11-12-27-22)7-6-21(20,24)16(23)13-14/h3-5,16,19,24H,1,6-13H2,2H3/t16-,19-,20+,21-/m1/s1. The van der Waals surface area contributed by atoms with E-state index in [9.17, 15) is 5.11 Å². The van der Waals surface area contributed by atoms with Crippen LogP contribution in [0.1, 0.15) is 30.4 Å². The normalized spacial score (nSPS) is 39.5. The molecular formula is C22H27NO5. The molecule has 0 amide bonds. The Hall–Kier alpha value is -1.60. The van der Waals surface area contributed by atoms with E-state index in [2.05, 4.69) is 17.5 Å². The smallest absolute Gasteiger partial charge is 0.207 e. The number of piperidine rings is 1. The molecule has 4 atom stereocenters. The monoisotopic (exact) mass is 385 g/mol. The minimum absolute atomic E-state index is 0.0379. The van der Waals surface area contributed by atoms with Gasteiger partial charge in [0.2, 0.25) is 5.79 Å². The highest BCUT2D eigenvalue weighted by molar-refractivity contribution is 5.63. The minimum atomic E-state index is -0.885. The molecule has 6 nitrogen and oxygen atoms in total. The van der Waals surface area contributed by atoms with E-state index in [0.717, 1.165) is 43.0 Å². The Morgan fingerprint density at radius 2 is 2.11 bits per heavy atom. The average molecular weight is 385 g/mol. The van der Waals surface area contributed by atoms with E-state index in [0.29, 0.717) is 26.1 Å². The molecular weight excluding hydrogens is 358 g/mol. The zero-order chi connectivity index (χ0) is 19.1. The topological polar surface area (TPSA) is 60.4 Å². The SMILES string of the molecule is C=CCN1CC[C@]23c4c5ccc(OC)c4O[C@H]2C2(CC[C@@]3(O)[C@H]1C5)OCCO2. The van der Waals surface area contributed by atoms with E-state index in [1.165, 1.54) is 5.56 Å². The second kappa shape index (κ2) is 5.51. The highest BCUT2D eigenvalue weighted by Gasteiger charge is 2.77. The van der Waals surface area contributed by atoms with Gasteiger partial charge in [0.1, 0.15) is 0 Å². The van der Waals surface area contributed by atoms with Crippen LogP contribution in [0.3, 0.4) is 0 Å². The van der Waals surface area contributed by atoms with E-state index >= 15 is 0 Å². The lowest BCUT2D eigenvalue weighted by Crippen LogP contribution is -2.79. The molecule has 0 radical (unpaired) electrons. The van der Waals surface area contributed by atoms with Crippen LogP contribution in [0.25, 0.3) is 0 Å². The van der Waals surface area contributed by atoms with Gasteiger partial charge in [0, 0.05) is 24.6 Å². The summed E-state index contributed by atoms with van der Waals surface area (Å²) in [5.74, 6) is 0.722. The lowest BCUT2D eigenvalue weighted by molar-refractivity contribution is -0.296. The van der Waals surface area contributed by atoms with Crippen LogP contribution in [0, 0.1) is 0 Å². The third-order valence-corrected chi connectivity index (χ3v) is 7.92. The van der Waals surface area contributed by atoms with Gasteiger partial charge >= 0.3 is 0 Å². The van der Waals surface area contributed by atoms with Crippen molar-refractivity contribution < 1.29 is 24.1 Å². The zero-order valence-corrected chi connectivity index (χ0v) is 16.3. The van der Waals surface area contributed by atoms with Gasteiger partial charge < -0.3 is 24.1 Å². The second-order valence-electron chi connectivity index (χ2n) is 8.79. The Kier molecular flexibility index (Phi) is 3.40. The summed E-state index contributed by atoms with van der Waals surface area (Å²) in [6, 6.07) is 4.17. The quantitative estimate of drug-likeness (QED) is 0.801. The predicted molar refractivity (Wildman–Crippen MR) is 102 cm³/mol. The van der Waals surface area contributed by atoms with Crippen LogP contribution in [-0.2, 0) is 21.3 Å². The first-order chi connectivity index (χ1) is 13.6. The lowest BCUT2D eigenvalue weighted by Gasteiger charge is -2.65. The molecule has 5 aliphatic rings. The first-order valence-electron chi connectivity index (χ1n) is 10.3.